The summed E-state index contributed by atoms with van der Waals surface area (Å²) in [5, 5.41) is 0. The highest BCUT2D eigenvalue weighted by molar-refractivity contribution is 5.75. The Morgan fingerprint density at radius 2 is 2.00 bits per heavy atom. The third kappa shape index (κ3) is 4.27. The van der Waals surface area contributed by atoms with Crippen LogP contribution in [-0.4, -0.2) is 25.8 Å². The van der Waals surface area contributed by atoms with Crippen LogP contribution < -0.4 is 0 Å². The summed E-state index contributed by atoms with van der Waals surface area (Å²) in [5.41, 5.74) is -0.387. The topological polar surface area (TPSA) is 35.5 Å². The maximum atomic E-state index is 11.5. The summed E-state index contributed by atoms with van der Waals surface area (Å²) in [4.78, 5) is 11.5. The van der Waals surface area contributed by atoms with Crippen molar-refractivity contribution in [2.45, 2.75) is 40.2 Å². The monoisotopic (exact) mass is 188 g/mol. The Morgan fingerprint density at radius 1 is 1.46 bits per heavy atom. The van der Waals surface area contributed by atoms with Crippen molar-refractivity contribution >= 4 is 5.97 Å². The van der Waals surface area contributed by atoms with E-state index in [0.717, 1.165) is 6.42 Å². The van der Waals surface area contributed by atoms with Gasteiger partial charge in [-0.15, -0.1) is 0 Å². The van der Waals surface area contributed by atoms with E-state index in [2.05, 4.69) is 0 Å². The Balaban J connectivity index is 3.99. The molecule has 0 aromatic heterocycles. The van der Waals surface area contributed by atoms with Gasteiger partial charge >= 0.3 is 5.97 Å². The van der Waals surface area contributed by atoms with E-state index in [1.54, 1.807) is 7.11 Å². The van der Waals surface area contributed by atoms with Crippen LogP contribution >= 0.6 is 0 Å². The van der Waals surface area contributed by atoms with Gasteiger partial charge < -0.3 is 9.47 Å². The highest BCUT2D eigenvalue weighted by atomic mass is 16.6. The van der Waals surface area contributed by atoms with E-state index in [0.29, 0.717) is 6.61 Å². The molecule has 0 heterocycles. The number of hydrogen-bond acceptors (Lipinski definition) is 3. The Labute approximate surface area is 80.4 Å². The first-order valence-electron chi connectivity index (χ1n) is 4.64. The van der Waals surface area contributed by atoms with Gasteiger partial charge in [0, 0.05) is 7.11 Å². The summed E-state index contributed by atoms with van der Waals surface area (Å²) in [6.45, 7) is 8.02. The van der Waals surface area contributed by atoms with Gasteiger partial charge in [-0.1, -0.05) is 6.92 Å². The van der Waals surface area contributed by atoms with Crippen molar-refractivity contribution in [3.63, 3.8) is 0 Å². The summed E-state index contributed by atoms with van der Waals surface area (Å²) < 4.78 is 10.1. The van der Waals surface area contributed by atoms with E-state index in [9.17, 15) is 4.79 Å². The van der Waals surface area contributed by atoms with Gasteiger partial charge in [-0.25, -0.2) is 0 Å². The molecule has 0 aliphatic rings. The van der Waals surface area contributed by atoms with Gasteiger partial charge in [0.1, 0.15) is 6.10 Å². The number of rotatable bonds is 5. The first-order valence-corrected chi connectivity index (χ1v) is 4.64. The second kappa shape index (κ2) is 5.22. The van der Waals surface area contributed by atoms with Gasteiger partial charge in [0.25, 0.3) is 0 Å². The fourth-order valence-corrected chi connectivity index (χ4v) is 0.755. The second-order valence-electron chi connectivity index (χ2n) is 3.91. The summed E-state index contributed by atoms with van der Waals surface area (Å²) in [7, 11) is 1.59. The van der Waals surface area contributed by atoms with Gasteiger partial charge in [0.05, 0.1) is 12.0 Å². The second-order valence-corrected chi connectivity index (χ2v) is 3.91. The molecule has 0 fully saturated rings. The number of carbonyl (C=O) groups is 1. The van der Waals surface area contributed by atoms with Gasteiger partial charge in [0.15, 0.2) is 0 Å². The van der Waals surface area contributed by atoms with Crippen molar-refractivity contribution in [1.82, 2.24) is 0 Å². The lowest BCUT2D eigenvalue weighted by molar-refractivity contribution is -0.161. The molecule has 0 N–H and O–H groups in total. The van der Waals surface area contributed by atoms with Crippen molar-refractivity contribution in [2.24, 2.45) is 5.41 Å². The van der Waals surface area contributed by atoms with Crippen molar-refractivity contribution in [1.29, 1.82) is 0 Å². The van der Waals surface area contributed by atoms with Crippen LogP contribution in [0.3, 0.4) is 0 Å². The minimum absolute atomic E-state index is 0.153. The molecule has 13 heavy (non-hydrogen) atoms. The summed E-state index contributed by atoms with van der Waals surface area (Å²) in [6.07, 6.45) is 0.620. The molecule has 0 amide bonds. The van der Waals surface area contributed by atoms with Crippen molar-refractivity contribution < 1.29 is 14.3 Å². The number of ether oxygens (including phenoxy) is 2. The lowest BCUT2D eigenvalue weighted by Gasteiger charge is -2.23. The molecule has 0 radical (unpaired) electrons. The van der Waals surface area contributed by atoms with Crippen LogP contribution in [0.25, 0.3) is 0 Å². The first kappa shape index (κ1) is 12.4. The molecule has 0 aromatic rings. The maximum absolute atomic E-state index is 11.5. The average molecular weight is 188 g/mol. The minimum atomic E-state index is -0.387. The smallest absolute Gasteiger partial charge is 0.311 e. The highest BCUT2D eigenvalue weighted by Crippen LogP contribution is 2.22. The van der Waals surface area contributed by atoms with Gasteiger partial charge in [0.2, 0.25) is 0 Å². The summed E-state index contributed by atoms with van der Waals surface area (Å²) in [6, 6.07) is 0. The van der Waals surface area contributed by atoms with Crippen molar-refractivity contribution in [2.75, 3.05) is 13.7 Å². The largest absolute Gasteiger partial charge is 0.460 e. The molecule has 0 saturated carbocycles. The molecule has 0 bridgehead atoms. The first-order chi connectivity index (χ1) is 5.94. The normalized spacial score (nSPS) is 13.9. The van der Waals surface area contributed by atoms with Crippen LogP contribution in [0.5, 0.6) is 0 Å². The number of hydrogen-bond donors (Lipinski definition) is 0. The maximum Gasteiger partial charge on any atom is 0.311 e. The van der Waals surface area contributed by atoms with Crippen LogP contribution in [0.2, 0.25) is 0 Å². The molecule has 0 rings (SSSR count). The van der Waals surface area contributed by atoms with Crippen LogP contribution in [-0.2, 0) is 14.3 Å². The molecule has 0 spiro atoms. The van der Waals surface area contributed by atoms with Crippen LogP contribution in [0.15, 0.2) is 0 Å². The highest BCUT2D eigenvalue weighted by Gasteiger charge is 2.28. The Morgan fingerprint density at radius 3 is 2.38 bits per heavy atom. The lowest BCUT2D eigenvalue weighted by Crippen LogP contribution is -2.30. The van der Waals surface area contributed by atoms with E-state index < -0.39 is 0 Å². The third-order valence-corrected chi connectivity index (χ3v) is 2.15. The molecule has 0 aliphatic carbocycles. The third-order valence-electron chi connectivity index (χ3n) is 2.15. The fraction of sp³-hybridized carbons (Fsp3) is 0.900. The summed E-state index contributed by atoms with van der Waals surface area (Å²) in [5.74, 6) is -0.153. The molecule has 78 valence electrons. The lowest BCUT2D eigenvalue weighted by atomic mass is 9.91. The van der Waals surface area contributed by atoms with Crippen molar-refractivity contribution in [3.05, 3.63) is 0 Å². The Hall–Kier alpha value is -0.570. The van der Waals surface area contributed by atoms with E-state index >= 15 is 0 Å². The number of carbonyl (C=O) groups excluding carboxylic acids is 1. The van der Waals surface area contributed by atoms with Crippen LogP contribution in [0.4, 0.5) is 0 Å². The van der Waals surface area contributed by atoms with Gasteiger partial charge in [-0.3, -0.25) is 4.79 Å². The predicted octanol–water partition coefficient (Wildman–Crippen LogP) is 2.00. The minimum Gasteiger partial charge on any atom is -0.460 e. The van der Waals surface area contributed by atoms with Crippen LogP contribution in [0.1, 0.15) is 34.1 Å². The zero-order chi connectivity index (χ0) is 10.5. The average Bonchev–Trinajstić information content (AvgIpc) is 2.04. The fourth-order valence-electron chi connectivity index (χ4n) is 0.755. The predicted molar refractivity (Wildman–Crippen MR) is 51.5 cm³/mol. The standard InChI is InChI=1S/C10H20O3/c1-6-10(3,4)9(11)13-8(2)7-12-5/h8H,6-7H2,1-5H3. The van der Waals surface area contributed by atoms with Gasteiger partial charge in [-0.2, -0.15) is 0 Å². The molecular formula is C10H20O3. The molecule has 3 nitrogen and oxygen atoms in total. The Kier molecular flexibility index (Phi) is 4.99. The van der Waals surface area contributed by atoms with Crippen LogP contribution in [0, 0.1) is 5.41 Å². The zero-order valence-corrected chi connectivity index (χ0v) is 9.22. The molecule has 3 heteroatoms. The van der Waals surface area contributed by atoms with E-state index in [-0.39, 0.29) is 17.5 Å². The molecule has 0 saturated heterocycles. The van der Waals surface area contributed by atoms with E-state index in [4.69, 9.17) is 9.47 Å². The number of methoxy groups -OCH3 is 1. The molecule has 0 aliphatic heterocycles. The quantitative estimate of drug-likeness (QED) is 0.619. The number of esters is 1. The Bertz CT molecular complexity index is 164. The molecular weight excluding hydrogens is 168 g/mol. The SMILES string of the molecule is CCC(C)(C)C(=O)OC(C)COC. The van der Waals surface area contributed by atoms with Gasteiger partial charge in [-0.05, 0) is 27.2 Å². The van der Waals surface area contributed by atoms with E-state index in [1.807, 2.05) is 27.7 Å². The van der Waals surface area contributed by atoms with E-state index in [1.165, 1.54) is 0 Å². The zero-order valence-electron chi connectivity index (χ0n) is 9.22. The molecule has 1 atom stereocenters. The molecule has 0 aromatic carbocycles. The van der Waals surface area contributed by atoms with Crippen molar-refractivity contribution in [3.8, 4) is 0 Å². The molecule has 1 unspecified atom stereocenters. The summed E-state index contributed by atoms with van der Waals surface area (Å²) >= 11 is 0.